The van der Waals surface area contributed by atoms with E-state index in [-0.39, 0.29) is 11.5 Å². The lowest BCUT2D eigenvalue weighted by atomic mass is 10.1. The fourth-order valence-electron chi connectivity index (χ4n) is 1.50. The van der Waals surface area contributed by atoms with Gasteiger partial charge in [-0.25, -0.2) is 8.78 Å². The number of guanidine groups is 1. The molecule has 1 saturated heterocycles. The second-order valence-electron chi connectivity index (χ2n) is 3.30. The Morgan fingerprint density at radius 2 is 2.12 bits per heavy atom. The van der Waals surface area contributed by atoms with E-state index in [1.807, 2.05) is 0 Å². The highest BCUT2D eigenvalue weighted by Crippen LogP contribution is 2.20. The average molecular weight is 225 g/mol. The van der Waals surface area contributed by atoms with Gasteiger partial charge in [0.1, 0.15) is 17.7 Å². The average Bonchev–Trinajstić information content (AvgIpc) is 2.60. The van der Waals surface area contributed by atoms with Gasteiger partial charge in [0.2, 0.25) is 0 Å². The monoisotopic (exact) mass is 225 g/mol. The van der Waals surface area contributed by atoms with Crippen LogP contribution in [0.2, 0.25) is 0 Å². The first-order valence-corrected chi connectivity index (χ1v) is 4.61. The normalized spacial score (nSPS) is 22.1. The quantitative estimate of drug-likeness (QED) is 0.739. The van der Waals surface area contributed by atoms with Crippen molar-refractivity contribution in [2.24, 2.45) is 4.99 Å². The summed E-state index contributed by atoms with van der Waals surface area (Å²) in [5.74, 6) is -1.57. The number of nitrogens with one attached hydrogen (secondary N) is 2. The van der Waals surface area contributed by atoms with Gasteiger partial charge in [-0.3, -0.25) is 15.1 Å². The topological polar surface area (TPSA) is 53.5 Å². The molecule has 1 amide bonds. The van der Waals surface area contributed by atoms with Gasteiger partial charge in [0.15, 0.2) is 5.96 Å². The number of amides is 1. The van der Waals surface area contributed by atoms with Crippen LogP contribution in [0.3, 0.4) is 0 Å². The Hall–Kier alpha value is -1.98. The molecule has 1 unspecified atom stereocenters. The molecule has 2 N–H and O–H groups in total. The van der Waals surface area contributed by atoms with E-state index in [4.69, 9.17) is 0 Å². The smallest absolute Gasteiger partial charge is 0.254 e. The minimum atomic E-state index is -0.862. The molecule has 84 valence electrons. The van der Waals surface area contributed by atoms with Crippen LogP contribution in [-0.4, -0.2) is 18.9 Å². The van der Waals surface area contributed by atoms with Crippen LogP contribution in [0, 0.1) is 11.6 Å². The molecule has 0 spiro atoms. The number of rotatable bonds is 1. The van der Waals surface area contributed by atoms with Crippen molar-refractivity contribution < 1.29 is 13.6 Å². The summed E-state index contributed by atoms with van der Waals surface area (Å²) < 4.78 is 26.1. The van der Waals surface area contributed by atoms with Gasteiger partial charge in [-0.15, -0.1) is 0 Å². The standard InChI is InChI=1S/C10H9F2N3O/c1-13-10-14-8(9(16)15-10)6-3-2-5(11)4-7(6)12/h2-4,8H,1H3,(H2,13,14,15,16). The van der Waals surface area contributed by atoms with Crippen molar-refractivity contribution in [2.45, 2.75) is 6.04 Å². The van der Waals surface area contributed by atoms with Crippen LogP contribution in [0.15, 0.2) is 23.2 Å². The Kier molecular flexibility index (Phi) is 2.55. The summed E-state index contributed by atoms with van der Waals surface area (Å²) in [6, 6.07) is 2.22. The Labute approximate surface area is 90.4 Å². The van der Waals surface area contributed by atoms with Crippen molar-refractivity contribution >= 4 is 11.9 Å². The lowest BCUT2D eigenvalue weighted by Gasteiger charge is -2.08. The molecule has 1 aliphatic heterocycles. The SMILES string of the molecule is CN=C1NC(=O)C(c2ccc(F)cc2F)N1. The molecule has 4 nitrogen and oxygen atoms in total. The van der Waals surface area contributed by atoms with Crippen molar-refractivity contribution in [1.82, 2.24) is 10.6 Å². The van der Waals surface area contributed by atoms with Gasteiger partial charge < -0.3 is 5.32 Å². The van der Waals surface area contributed by atoms with E-state index in [0.717, 1.165) is 12.1 Å². The maximum absolute atomic E-state index is 13.4. The van der Waals surface area contributed by atoms with E-state index < -0.39 is 23.6 Å². The second-order valence-corrected chi connectivity index (χ2v) is 3.30. The third kappa shape index (κ3) is 1.73. The fraction of sp³-hybridized carbons (Fsp3) is 0.200. The first kappa shape index (κ1) is 10.5. The zero-order valence-electron chi connectivity index (χ0n) is 8.42. The first-order chi connectivity index (χ1) is 7.61. The number of hydrogen-bond acceptors (Lipinski definition) is 2. The van der Waals surface area contributed by atoms with E-state index >= 15 is 0 Å². The van der Waals surface area contributed by atoms with Gasteiger partial charge in [0, 0.05) is 18.7 Å². The number of halogens is 2. The van der Waals surface area contributed by atoms with Crippen molar-refractivity contribution in [3.63, 3.8) is 0 Å². The van der Waals surface area contributed by atoms with Crippen molar-refractivity contribution in [3.05, 3.63) is 35.4 Å². The highest BCUT2D eigenvalue weighted by atomic mass is 19.1. The predicted molar refractivity (Wildman–Crippen MR) is 53.7 cm³/mol. The zero-order chi connectivity index (χ0) is 11.7. The van der Waals surface area contributed by atoms with Crippen molar-refractivity contribution in [2.75, 3.05) is 7.05 Å². The highest BCUT2D eigenvalue weighted by molar-refractivity contribution is 6.06. The van der Waals surface area contributed by atoms with E-state index in [9.17, 15) is 13.6 Å². The Morgan fingerprint density at radius 3 is 2.69 bits per heavy atom. The second kappa shape index (κ2) is 3.88. The lowest BCUT2D eigenvalue weighted by molar-refractivity contribution is -0.120. The van der Waals surface area contributed by atoms with Crippen LogP contribution in [0.5, 0.6) is 0 Å². The van der Waals surface area contributed by atoms with Crippen LogP contribution in [0.1, 0.15) is 11.6 Å². The molecule has 1 aliphatic rings. The van der Waals surface area contributed by atoms with Gasteiger partial charge >= 0.3 is 0 Å². The summed E-state index contributed by atoms with van der Waals surface area (Å²) in [4.78, 5) is 15.2. The third-order valence-electron chi connectivity index (χ3n) is 2.28. The number of carbonyl (C=O) groups excluding carboxylic acids is 1. The molecule has 1 atom stereocenters. The van der Waals surface area contributed by atoms with Gasteiger partial charge in [0.25, 0.3) is 5.91 Å². The summed E-state index contributed by atoms with van der Waals surface area (Å²) in [6.45, 7) is 0. The Morgan fingerprint density at radius 1 is 1.38 bits per heavy atom. The molecule has 1 fully saturated rings. The molecule has 1 aromatic carbocycles. The molecule has 1 aromatic rings. The Bertz CT molecular complexity index is 473. The summed E-state index contributed by atoms with van der Waals surface area (Å²) in [6.07, 6.45) is 0. The largest absolute Gasteiger partial charge is 0.340 e. The molecule has 6 heteroatoms. The van der Waals surface area contributed by atoms with Gasteiger partial charge in [-0.2, -0.15) is 0 Å². The third-order valence-corrected chi connectivity index (χ3v) is 2.28. The van der Waals surface area contributed by atoms with Gasteiger partial charge in [-0.1, -0.05) is 6.07 Å². The maximum Gasteiger partial charge on any atom is 0.254 e. The van der Waals surface area contributed by atoms with E-state index in [1.54, 1.807) is 0 Å². The number of aliphatic imine (C=N–C) groups is 1. The van der Waals surface area contributed by atoms with Crippen LogP contribution in [0.25, 0.3) is 0 Å². The molecule has 0 saturated carbocycles. The summed E-state index contributed by atoms with van der Waals surface area (Å²) in [5, 5.41) is 5.13. The Balaban J connectivity index is 2.35. The summed E-state index contributed by atoms with van der Waals surface area (Å²) in [7, 11) is 1.49. The number of benzene rings is 1. The molecule has 2 rings (SSSR count). The molecule has 16 heavy (non-hydrogen) atoms. The first-order valence-electron chi connectivity index (χ1n) is 4.61. The van der Waals surface area contributed by atoms with Crippen molar-refractivity contribution in [3.8, 4) is 0 Å². The zero-order valence-corrected chi connectivity index (χ0v) is 8.42. The summed E-state index contributed by atoms with van der Waals surface area (Å²) >= 11 is 0. The molecule has 0 radical (unpaired) electrons. The summed E-state index contributed by atoms with van der Waals surface area (Å²) in [5.41, 5.74) is 0.0950. The lowest BCUT2D eigenvalue weighted by Crippen LogP contribution is -2.24. The van der Waals surface area contributed by atoms with E-state index in [0.29, 0.717) is 0 Å². The number of carbonyl (C=O) groups is 1. The number of nitrogens with zero attached hydrogens (tertiary/aromatic N) is 1. The molecule has 0 aliphatic carbocycles. The number of hydrogen-bond donors (Lipinski definition) is 2. The molecule has 1 heterocycles. The predicted octanol–water partition coefficient (Wildman–Crippen LogP) is 0.711. The molecular weight excluding hydrogens is 216 g/mol. The molecular formula is C10H9F2N3O. The van der Waals surface area contributed by atoms with Crippen LogP contribution < -0.4 is 10.6 Å². The molecule has 0 aromatic heterocycles. The minimum Gasteiger partial charge on any atom is -0.340 e. The van der Waals surface area contributed by atoms with Crippen LogP contribution >= 0.6 is 0 Å². The van der Waals surface area contributed by atoms with E-state index in [2.05, 4.69) is 15.6 Å². The molecule has 0 bridgehead atoms. The van der Waals surface area contributed by atoms with Crippen LogP contribution in [-0.2, 0) is 4.79 Å². The van der Waals surface area contributed by atoms with Crippen molar-refractivity contribution in [1.29, 1.82) is 0 Å². The van der Waals surface area contributed by atoms with E-state index in [1.165, 1.54) is 13.1 Å². The maximum atomic E-state index is 13.4. The minimum absolute atomic E-state index is 0.0950. The van der Waals surface area contributed by atoms with Crippen LogP contribution in [0.4, 0.5) is 8.78 Å². The fourth-order valence-corrected chi connectivity index (χ4v) is 1.50. The highest BCUT2D eigenvalue weighted by Gasteiger charge is 2.31. The van der Waals surface area contributed by atoms with Gasteiger partial charge in [-0.05, 0) is 6.07 Å². The van der Waals surface area contributed by atoms with Gasteiger partial charge in [0.05, 0.1) is 0 Å².